The van der Waals surface area contributed by atoms with Crippen LogP contribution in [0.1, 0.15) is 13.8 Å². The number of hydrogen-bond acceptors (Lipinski definition) is 7. The van der Waals surface area contributed by atoms with Crippen molar-refractivity contribution in [3.8, 4) is 11.5 Å². The topological polar surface area (TPSA) is 102 Å². The normalized spacial score (nSPS) is 13.4. The van der Waals surface area contributed by atoms with Crippen molar-refractivity contribution in [3.63, 3.8) is 0 Å². The maximum atomic E-state index is 11.6. The van der Waals surface area contributed by atoms with Crippen molar-refractivity contribution >= 4 is 21.9 Å². The van der Waals surface area contributed by atoms with Crippen molar-refractivity contribution in [1.82, 2.24) is 0 Å². The summed E-state index contributed by atoms with van der Waals surface area (Å²) in [5.74, 6) is 0.666. The van der Waals surface area contributed by atoms with Gasteiger partial charge < -0.3 is 28.5 Å². The number of ether oxygens (including phenoxy) is 2. The molecule has 0 amide bonds. The monoisotopic (exact) mass is 334 g/mol. The van der Waals surface area contributed by atoms with Gasteiger partial charge in [-0.1, -0.05) is 0 Å². The minimum atomic E-state index is -1.32. The van der Waals surface area contributed by atoms with Crippen molar-refractivity contribution in [2.75, 3.05) is 13.7 Å². The van der Waals surface area contributed by atoms with E-state index in [0.29, 0.717) is 22.1 Å². The van der Waals surface area contributed by atoms with Gasteiger partial charge in [0.2, 0.25) is 5.75 Å². The molecular weight excluding hydrogens is 316 g/mol. The predicted molar refractivity (Wildman–Crippen MR) is 86.6 cm³/mol. The first-order valence-electron chi connectivity index (χ1n) is 7.37. The Balaban J connectivity index is 2.18. The lowest BCUT2D eigenvalue weighted by atomic mass is 10.0. The molecule has 128 valence electrons. The minimum Gasteiger partial charge on any atom is -0.490 e. The quantitative estimate of drug-likeness (QED) is 0.688. The first-order valence-corrected chi connectivity index (χ1v) is 7.37. The molecule has 0 radical (unpaired) electrons. The Morgan fingerprint density at radius 2 is 1.88 bits per heavy atom. The molecule has 7 heteroatoms. The third-order valence-electron chi connectivity index (χ3n) is 3.81. The van der Waals surface area contributed by atoms with E-state index in [9.17, 15) is 15.0 Å². The van der Waals surface area contributed by atoms with E-state index in [2.05, 4.69) is 0 Å². The van der Waals surface area contributed by atoms with Crippen LogP contribution in [0.15, 0.2) is 38.1 Å². The Morgan fingerprint density at radius 1 is 1.17 bits per heavy atom. The van der Waals surface area contributed by atoms with E-state index in [1.807, 2.05) is 0 Å². The van der Waals surface area contributed by atoms with Crippen LogP contribution >= 0.6 is 0 Å². The Bertz CT molecular complexity index is 930. The number of hydrogen-bond donors (Lipinski definition) is 2. The van der Waals surface area contributed by atoms with Gasteiger partial charge in [0.1, 0.15) is 18.5 Å². The molecule has 7 nitrogen and oxygen atoms in total. The third kappa shape index (κ3) is 2.72. The molecule has 0 saturated heterocycles. The van der Waals surface area contributed by atoms with Crippen LogP contribution in [-0.4, -0.2) is 35.6 Å². The highest BCUT2D eigenvalue weighted by Crippen LogP contribution is 2.42. The lowest BCUT2D eigenvalue weighted by molar-refractivity contribution is -0.0658. The van der Waals surface area contributed by atoms with E-state index < -0.39 is 17.3 Å². The minimum absolute atomic E-state index is 0.148. The number of aliphatic hydroxyl groups is 2. The van der Waals surface area contributed by atoms with Gasteiger partial charge in [0, 0.05) is 6.07 Å². The van der Waals surface area contributed by atoms with Crippen LogP contribution in [0.25, 0.3) is 21.9 Å². The number of furan rings is 1. The zero-order valence-electron chi connectivity index (χ0n) is 13.5. The van der Waals surface area contributed by atoms with Crippen molar-refractivity contribution < 1.29 is 28.5 Å². The number of methoxy groups -OCH3 is 1. The average molecular weight is 334 g/mol. The zero-order valence-corrected chi connectivity index (χ0v) is 13.5. The largest absolute Gasteiger partial charge is 0.490 e. The molecule has 24 heavy (non-hydrogen) atoms. The average Bonchev–Trinajstić information content (AvgIpc) is 2.99. The number of aliphatic hydroxyl groups excluding tert-OH is 1. The van der Waals surface area contributed by atoms with Crippen LogP contribution in [-0.2, 0) is 0 Å². The van der Waals surface area contributed by atoms with Gasteiger partial charge in [-0.05, 0) is 26.0 Å². The van der Waals surface area contributed by atoms with Gasteiger partial charge in [-0.2, -0.15) is 0 Å². The first kappa shape index (κ1) is 16.4. The second kappa shape index (κ2) is 5.85. The van der Waals surface area contributed by atoms with Crippen LogP contribution in [0, 0.1) is 0 Å². The van der Waals surface area contributed by atoms with Crippen molar-refractivity contribution in [2.24, 2.45) is 0 Å². The molecular formula is C17H18O7. The van der Waals surface area contributed by atoms with Gasteiger partial charge in [0.05, 0.1) is 29.7 Å². The van der Waals surface area contributed by atoms with Gasteiger partial charge in [0.15, 0.2) is 11.2 Å². The van der Waals surface area contributed by atoms with Gasteiger partial charge in [0.25, 0.3) is 0 Å². The number of rotatable bonds is 5. The molecule has 3 aromatic rings. The van der Waals surface area contributed by atoms with E-state index in [1.165, 1.54) is 33.3 Å². The molecule has 0 aliphatic heterocycles. The molecule has 0 bridgehead atoms. The highest BCUT2D eigenvalue weighted by Gasteiger charge is 2.27. The predicted octanol–water partition coefficient (Wildman–Crippen LogP) is 2.06. The highest BCUT2D eigenvalue weighted by molar-refractivity contribution is 6.06. The second-order valence-corrected chi connectivity index (χ2v) is 6.00. The molecule has 0 saturated carbocycles. The summed E-state index contributed by atoms with van der Waals surface area (Å²) in [6, 6.07) is 4.52. The lowest BCUT2D eigenvalue weighted by Gasteiger charge is -2.24. The summed E-state index contributed by atoms with van der Waals surface area (Å²) in [7, 11) is 1.45. The molecule has 1 unspecified atom stereocenters. The van der Waals surface area contributed by atoms with E-state index in [0.717, 1.165) is 0 Å². The summed E-state index contributed by atoms with van der Waals surface area (Å²) in [6.45, 7) is 2.82. The Labute approximate surface area is 137 Å². The molecule has 0 aliphatic rings. The molecule has 1 atom stereocenters. The van der Waals surface area contributed by atoms with E-state index in [-0.39, 0.29) is 17.9 Å². The van der Waals surface area contributed by atoms with Crippen LogP contribution in [0.3, 0.4) is 0 Å². The van der Waals surface area contributed by atoms with E-state index in [4.69, 9.17) is 18.3 Å². The summed E-state index contributed by atoms with van der Waals surface area (Å²) in [5.41, 5.74) is -1.29. The molecule has 2 heterocycles. The Morgan fingerprint density at radius 3 is 2.54 bits per heavy atom. The summed E-state index contributed by atoms with van der Waals surface area (Å²) >= 11 is 0. The van der Waals surface area contributed by atoms with Crippen molar-refractivity contribution in [1.29, 1.82) is 0 Å². The molecule has 3 rings (SSSR count). The number of benzene rings is 1. The molecule has 1 aromatic carbocycles. The summed E-state index contributed by atoms with van der Waals surface area (Å²) in [4.78, 5) is 11.6. The van der Waals surface area contributed by atoms with Gasteiger partial charge in [-0.25, -0.2) is 4.79 Å². The van der Waals surface area contributed by atoms with Gasteiger partial charge in [-0.3, -0.25) is 0 Å². The molecule has 0 fully saturated rings. The maximum absolute atomic E-state index is 11.6. The fourth-order valence-electron chi connectivity index (χ4n) is 2.38. The maximum Gasteiger partial charge on any atom is 0.336 e. The van der Waals surface area contributed by atoms with Crippen LogP contribution < -0.4 is 15.1 Å². The standard InChI is InChI=1S/C17H18O7/c1-17(2,20)11(18)8-23-13-9-4-5-12(19)24-15(9)16(21-3)14-10(13)6-7-22-14/h4-7,11,18,20H,8H2,1-3H3. The second-order valence-electron chi connectivity index (χ2n) is 6.00. The molecule has 0 aliphatic carbocycles. The first-order chi connectivity index (χ1) is 11.3. The summed E-state index contributed by atoms with van der Waals surface area (Å²) in [6.07, 6.45) is 0.357. The summed E-state index contributed by atoms with van der Waals surface area (Å²) < 4.78 is 21.7. The highest BCUT2D eigenvalue weighted by atomic mass is 16.5. The molecule has 0 spiro atoms. The van der Waals surface area contributed by atoms with Crippen LogP contribution in [0.5, 0.6) is 11.5 Å². The zero-order chi connectivity index (χ0) is 17.5. The Kier molecular flexibility index (Phi) is 3.98. The van der Waals surface area contributed by atoms with Gasteiger partial charge in [-0.15, -0.1) is 0 Å². The smallest absolute Gasteiger partial charge is 0.336 e. The fraction of sp³-hybridized carbons (Fsp3) is 0.353. The Hall–Kier alpha value is -2.51. The lowest BCUT2D eigenvalue weighted by Crippen LogP contribution is -2.40. The SMILES string of the molecule is COc1c2occc2c(OCC(O)C(C)(C)O)c2ccc(=O)oc12. The molecule has 2 N–H and O–H groups in total. The third-order valence-corrected chi connectivity index (χ3v) is 3.81. The fourth-order valence-corrected chi connectivity index (χ4v) is 2.38. The molecule has 2 aromatic heterocycles. The summed E-state index contributed by atoms with van der Waals surface area (Å²) in [5, 5.41) is 20.9. The van der Waals surface area contributed by atoms with Crippen molar-refractivity contribution in [3.05, 3.63) is 34.9 Å². The van der Waals surface area contributed by atoms with E-state index in [1.54, 1.807) is 12.1 Å². The van der Waals surface area contributed by atoms with E-state index >= 15 is 0 Å². The van der Waals surface area contributed by atoms with Crippen LogP contribution in [0.2, 0.25) is 0 Å². The van der Waals surface area contributed by atoms with Gasteiger partial charge >= 0.3 is 5.63 Å². The van der Waals surface area contributed by atoms with Crippen molar-refractivity contribution in [2.45, 2.75) is 25.6 Å². The number of fused-ring (bicyclic) bond motifs is 2. The van der Waals surface area contributed by atoms with Crippen LogP contribution in [0.4, 0.5) is 0 Å².